The van der Waals surface area contributed by atoms with Crippen molar-refractivity contribution in [2.75, 3.05) is 31.1 Å². The average Bonchev–Trinajstić information content (AvgIpc) is 3.43. The van der Waals surface area contributed by atoms with Crippen LogP contribution in [0.15, 0.2) is 67.4 Å². The number of hydrogen-bond acceptors (Lipinski definition) is 7. The molecule has 1 aliphatic rings. The minimum absolute atomic E-state index is 0.910. The highest BCUT2D eigenvalue weighted by molar-refractivity contribution is 5.73. The SMILES string of the molecule is CCc1ccc(CN2CCN(c3nccn4c(-c5ccncc5)cnc34)CC2)cc1.O=C(O)C(F)(F)F.O=C(O)C(F)(F)F. The maximum Gasteiger partial charge on any atom is 0.490 e. The first kappa shape index (κ1) is 33.8. The fourth-order valence-electron chi connectivity index (χ4n) is 4.12. The Morgan fingerprint density at radius 3 is 1.82 bits per heavy atom. The van der Waals surface area contributed by atoms with Crippen LogP contribution < -0.4 is 4.90 Å². The molecule has 1 aromatic carbocycles. The summed E-state index contributed by atoms with van der Waals surface area (Å²) in [6.45, 7) is 7.16. The van der Waals surface area contributed by atoms with E-state index in [1.807, 2.05) is 43.1 Å². The molecule has 16 heteroatoms. The third kappa shape index (κ3) is 9.39. The number of aromatic nitrogens is 4. The van der Waals surface area contributed by atoms with Gasteiger partial charge in [-0.15, -0.1) is 0 Å². The Morgan fingerprint density at radius 2 is 1.32 bits per heavy atom. The second kappa shape index (κ2) is 14.6. The molecule has 2 N–H and O–H groups in total. The van der Waals surface area contributed by atoms with Gasteiger partial charge in [0.05, 0.1) is 11.9 Å². The van der Waals surface area contributed by atoms with E-state index in [9.17, 15) is 26.3 Å². The Bertz CT molecular complexity index is 1500. The van der Waals surface area contributed by atoms with Gasteiger partial charge in [0.25, 0.3) is 0 Å². The monoisotopic (exact) mass is 626 g/mol. The number of imidazole rings is 1. The number of aryl methyl sites for hydroxylation is 1. The Morgan fingerprint density at radius 1 is 0.795 bits per heavy atom. The van der Waals surface area contributed by atoms with Crippen molar-refractivity contribution in [3.63, 3.8) is 0 Å². The largest absolute Gasteiger partial charge is 0.490 e. The molecule has 4 heterocycles. The fraction of sp³-hybridized carbons (Fsp3) is 0.321. The van der Waals surface area contributed by atoms with E-state index in [4.69, 9.17) is 24.8 Å². The number of nitrogens with zero attached hydrogens (tertiary/aromatic N) is 6. The summed E-state index contributed by atoms with van der Waals surface area (Å²) in [4.78, 5) is 36.2. The zero-order valence-electron chi connectivity index (χ0n) is 23.3. The van der Waals surface area contributed by atoms with Gasteiger partial charge in [0, 0.05) is 63.1 Å². The zero-order valence-corrected chi connectivity index (χ0v) is 23.3. The van der Waals surface area contributed by atoms with Gasteiger partial charge in [-0.05, 0) is 29.7 Å². The topological polar surface area (TPSA) is 124 Å². The van der Waals surface area contributed by atoms with Gasteiger partial charge in [-0.3, -0.25) is 14.3 Å². The number of pyridine rings is 1. The summed E-state index contributed by atoms with van der Waals surface area (Å²) in [6.07, 6.45) is 0.325. The van der Waals surface area contributed by atoms with Crippen LogP contribution in [0.4, 0.5) is 32.2 Å². The summed E-state index contributed by atoms with van der Waals surface area (Å²) >= 11 is 0. The van der Waals surface area contributed by atoms with Crippen LogP contribution in [-0.4, -0.2) is 84.9 Å². The molecule has 1 fully saturated rings. The molecule has 0 unspecified atom stereocenters. The summed E-state index contributed by atoms with van der Waals surface area (Å²) in [5.74, 6) is -4.55. The van der Waals surface area contributed by atoms with Crippen LogP contribution in [0.3, 0.4) is 0 Å². The van der Waals surface area contributed by atoms with E-state index in [2.05, 4.69) is 55.4 Å². The molecule has 0 atom stereocenters. The van der Waals surface area contributed by atoms with Gasteiger partial charge in [0.15, 0.2) is 11.5 Å². The fourth-order valence-corrected chi connectivity index (χ4v) is 4.12. The smallest absolute Gasteiger partial charge is 0.475 e. The van der Waals surface area contributed by atoms with Crippen molar-refractivity contribution in [2.45, 2.75) is 32.2 Å². The van der Waals surface area contributed by atoms with Crippen molar-refractivity contribution in [2.24, 2.45) is 0 Å². The number of aliphatic carboxylic acids is 2. The highest BCUT2D eigenvalue weighted by Crippen LogP contribution is 2.25. The number of rotatable bonds is 5. The second-order valence-electron chi connectivity index (χ2n) is 9.36. The van der Waals surface area contributed by atoms with E-state index in [0.717, 1.165) is 61.9 Å². The lowest BCUT2D eigenvalue weighted by molar-refractivity contribution is -0.193. The summed E-state index contributed by atoms with van der Waals surface area (Å²) in [7, 11) is 0. The number of carboxylic acid groups (broad SMARTS) is 2. The number of benzene rings is 1. The number of piperazine rings is 1. The van der Waals surface area contributed by atoms with Gasteiger partial charge in [0.2, 0.25) is 0 Å². The predicted octanol–water partition coefficient (Wildman–Crippen LogP) is 4.94. The Hall–Kier alpha value is -4.73. The van der Waals surface area contributed by atoms with Crippen LogP contribution in [0.25, 0.3) is 16.9 Å². The van der Waals surface area contributed by atoms with Gasteiger partial charge in [-0.25, -0.2) is 19.6 Å². The van der Waals surface area contributed by atoms with Gasteiger partial charge >= 0.3 is 24.3 Å². The molecule has 0 radical (unpaired) electrons. The molecule has 0 spiro atoms. The standard InChI is InChI=1S/C24H26N6.2C2HF3O2/c1-2-19-3-5-20(6-4-19)18-28-13-15-29(16-14-28)23-24-27-17-22(30(24)12-11-26-23)21-7-9-25-10-8-21;2*3-2(4,5)1(6)7/h3-12,17H,2,13-16,18H2,1H3;2*(H,6,7). The molecule has 1 aliphatic heterocycles. The van der Waals surface area contributed by atoms with Crippen molar-refractivity contribution in [1.82, 2.24) is 24.3 Å². The molecule has 0 aliphatic carbocycles. The molecule has 0 amide bonds. The first-order valence-corrected chi connectivity index (χ1v) is 13.1. The van der Waals surface area contributed by atoms with Crippen LogP contribution in [0.2, 0.25) is 0 Å². The zero-order chi connectivity index (χ0) is 32.5. The lowest BCUT2D eigenvalue weighted by Crippen LogP contribution is -2.46. The molecule has 1 saturated heterocycles. The molecule has 4 aromatic rings. The number of halogens is 6. The van der Waals surface area contributed by atoms with Gasteiger partial charge in [-0.1, -0.05) is 31.2 Å². The van der Waals surface area contributed by atoms with E-state index in [1.165, 1.54) is 11.1 Å². The molecule has 5 rings (SSSR count). The Labute approximate surface area is 247 Å². The first-order valence-electron chi connectivity index (χ1n) is 13.1. The average molecular weight is 627 g/mol. The first-order chi connectivity index (χ1) is 20.7. The molecule has 44 heavy (non-hydrogen) atoms. The summed E-state index contributed by atoms with van der Waals surface area (Å²) in [5, 5.41) is 14.2. The third-order valence-corrected chi connectivity index (χ3v) is 6.38. The van der Waals surface area contributed by atoms with Crippen LogP contribution in [-0.2, 0) is 22.6 Å². The summed E-state index contributed by atoms with van der Waals surface area (Å²) in [5.41, 5.74) is 5.86. The normalized spacial score (nSPS) is 13.8. The van der Waals surface area contributed by atoms with E-state index >= 15 is 0 Å². The maximum atomic E-state index is 10.6. The Kier molecular flexibility index (Phi) is 11.2. The molecule has 0 bridgehead atoms. The third-order valence-electron chi connectivity index (χ3n) is 6.38. The number of anilines is 1. The summed E-state index contributed by atoms with van der Waals surface area (Å²) < 4.78 is 65.6. The van der Waals surface area contributed by atoms with Crippen molar-refractivity contribution < 1.29 is 46.1 Å². The minimum atomic E-state index is -5.08. The van der Waals surface area contributed by atoms with E-state index in [-0.39, 0.29) is 0 Å². The van der Waals surface area contributed by atoms with Crippen molar-refractivity contribution in [1.29, 1.82) is 0 Å². The lowest BCUT2D eigenvalue weighted by Gasteiger charge is -2.35. The maximum absolute atomic E-state index is 10.6. The molecular weight excluding hydrogens is 598 g/mol. The highest BCUT2D eigenvalue weighted by Gasteiger charge is 2.38. The van der Waals surface area contributed by atoms with Crippen LogP contribution in [0, 0.1) is 0 Å². The van der Waals surface area contributed by atoms with Gasteiger partial charge < -0.3 is 15.1 Å². The molecule has 3 aromatic heterocycles. The summed E-state index contributed by atoms with van der Waals surface area (Å²) in [6, 6.07) is 13.0. The van der Waals surface area contributed by atoms with Crippen LogP contribution in [0.5, 0.6) is 0 Å². The predicted molar refractivity (Wildman–Crippen MR) is 147 cm³/mol. The van der Waals surface area contributed by atoms with Crippen molar-refractivity contribution >= 4 is 23.4 Å². The molecule has 10 nitrogen and oxygen atoms in total. The molecular formula is C28H28F6N6O4. The van der Waals surface area contributed by atoms with E-state index in [0.29, 0.717) is 0 Å². The number of carboxylic acids is 2. The van der Waals surface area contributed by atoms with Crippen molar-refractivity contribution in [3.8, 4) is 11.3 Å². The van der Waals surface area contributed by atoms with E-state index < -0.39 is 24.3 Å². The minimum Gasteiger partial charge on any atom is -0.475 e. The molecule has 0 saturated carbocycles. The number of alkyl halides is 6. The van der Waals surface area contributed by atoms with Crippen molar-refractivity contribution in [3.05, 3.63) is 78.5 Å². The quantitative estimate of drug-likeness (QED) is 0.297. The lowest BCUT2D eigenvalue weighted by atomic mass is 10.1. The molecule has 236 valence electrons. The highest BCUT2D eigenvalue weighted by atomic mass is 19.4. The number of hydrogen-bond donors (Lipinski definition) is 2. The van der Waals surface area contributed by atoms with Crippen LogP contribution in [0.1, 0.15) is 18.1 Å². The Balaban J connectivity index is 0.000000317. The number of carbonyl (C=O) groups is 2. The van der Waals surface area contributed by atoms with Gasteiger partial charge in [0.1, 0.15) is 0 Å². The van der Waals surface area contributed by atoms with Gasteiger partial charge in [-0.2, -0.15) is 26.3 Å². The second-order valence-corrected chi connectivity index (χ2v) is 9.36. The van der Waals surface area contributed by atoms with Crippen LogP contribution >= 0.6 is 0 Å². The number of fused-ring (bicyclic) bond motifs is 1. The van der Waals surface area contributed by atoms with E-state index in [1.54, 1.807) is 0 Å².